The fourth-order valence-corrected chi connectivity index (χ4v) is 4.50. The van der Waals surface area contributed by atoms with Crippen LogP contribution in [0.5, 0.6) is 0 Å². The van der Waals surface area contributed by atoms with E-state index in [0.29, 0.717) is 22.2 Å². The zero-order valence-electron chi connectivity index (χ0n) is 16.3. The molecule has 5 nitrogen and oxygen atoms in total. The molecule has 0 radical (unpaired) electrons. The molecule has 1 fully saturated rings. The molecule has 1 amide bonds. The average Bonchev–Trinajstić information content (AvgIpc) is 2.74. The maximum Gasteiger partial charge on any atom is 0.245 e. The van der Waals surface area contributed by atoms with Crippen molar-refractivity contribution in [2.24, 2.45) is 10.7 Å². The molecular weight excluding hydrogens is 421 g/mol. The lowest BCUT2D eigenvalue weighted by Gasteiger charge is -2.44. The first-order valence-corrected chi connectivity index (χ1v) is 10.8. The van der Waals surface area contributed by atoms with Crippen molar-refractivity contribution in [3.63, 3.8) is 0 Å². The molecule has 30 heavy (non-hydrogen) atoms. The van der Waals surface area contributed by atoms with E-state index >= 15 is 0 Å². The number of carbonyl (C=O) groups is 1. The molecule has 156 valence electrons. The standard InChI is InChI=1S/C23H23Cl2N3O2/c24-16-9-5-14(6-10-16)21-22(15-7-11-17(25)12-8-15)28(19(13-27-21)23(26)30)18-3-1-2-4-20(18)29/h5-13,18-20,29H,1-4H2,(H2,26,30)/t18-,19?,20+/m1/s1. The van der Waals surface area contributed by atoms with Gasteiger partial charge in [-0.25, -0.2) is 0 Å². The maximum atomic E-state index is 12.4. The van der Waals surface area contributed by atoms with Gasteiger partial charge < -0.3 is 15.7 Å². The molecule has 3 N–H and O–H groups in total. The zero-order valence-corrected chi connectivity index (χ0v) is 17.9. The minimum absolute atomic E-state index is 0.240. The molecule has 1 saturated carbocycles. The molecule has 1 heterocycles. The Morgan fingerprint density at radius 1 is 0.967 bits per heavy atom. The van der Waals surface area contributed by atoms with E-state index in [1.165, 1.54) is 0 Å². The van der Waals surface area contributed by atoms with E-state index in [2.05, 4.69) is 4.99 Å². The number of aliphatic hydroxyl groups excluding tert-OH is 1. The number of benzene rings is 2. The van der Waals surface area contributed by atoms with E-state index in [-0.39, 0.29) is 6.04 Å². The summed E-state index contributed by atoms with van der Waals surface area (Å²) >= 11 is 12.2. The Hall–Kier alpha value is -2.34. The smallest absolute Gasteiger partial charge is 0.245 e. The number of carbonyl (C=O) groups excluding carboxylic acids is 1. The van der Waals surface area contributed by atoms with Gasteiger partial charge in [-0.3, -0.25) is 9.79 Å². The molecule has 2 aromatic rings. The van der Waals surface area contributed by atoms with E-state index in [1.807, 2.05) is 29.2 Å². The summed E-state index contributed by atoms with van der Waals surface area (Å²) in [6.07, 6.45) is 4.42. The largest absolute Gasteiger partial charge is 0.391 e. The van der Waals surface area contributed by atoms with Gasteiger partial charge in [0.25, 0.3) is 0 Å². The van der Waals surface area contributed by atoms with Crippen LogP contribution in [0.4, 0.5) is 0 Å². The summed E-state index contributed by atoms with van der Waals surface area (Å²) in [5.41, 5.74) is 8.93. The Morgan fingerprint density at radius 2 is 1.53 bits per heavy atom. The van der Waals surface area contributed by atoms with Crippen LogP contribution in [0.3, 0.4) is 0 Å². The van der Waals surface area contributed by atoms with Gasteiger partial charge in [0.2, 0.25) is 5.91 Å². The fraction of sp³-hybridized carbons (Fsp3) is 0.304. The molecule has 1 aliphatic carbocycles. The molecule has 7 heteroatoms. The fourth-order valence-electron chi connectivity index (χ4n) is 4.25. The van der Waals surface area contributed by atoms with Crippen LogP contribution in [0.25, 0.3) is 11.4 Å². The number of amides is 1. The zero-order chi connectivity index (χ0) is 21.3. The Labute approximate surface area is 185 Å². The van der Waals surface area contributed by atoms with Crippen molar-refractivity contribution < 1.29 is 9.90 Å². The van der Waals surface area contributed by atoms with Crippen LogP contribution in [0.15, 0.2) is 53.5 Å². The van der Waals surface area contributed by atoms with Crippen LogP contribution in [0.1, 0.15) is 36.8 Å². The monoisotopic (exact) mass is 443 g/mol. The second-order valence-corrected chi connectivity index (χ2v) is 8.54. The molecule has 1 aliphatic heterocycles. The predicted octanol–water partition coefficient (Wildman–Crippen LogP) is 4.36. The highest BCUT2D eigenvalue weighted by molar-refractivity contribution is 6.31. The van der Waals surface area contributed by atoms with Crippen molar-refractivity contribution in [1.29, 1.82) is 0 Å². The molecule has 4 rings (SSSR count). The molecule has 0 aromatic heterocycles. The molecule has 0 spiro atoms. The van der Waals surface area contributed by atoms with Crippen LogP contribution < -0.4 is 5.73 Å². The number of nitrogens with zero attached hydrogens (tertiary/aromatic N) is 2. The summed E-state index contributed by atoms with van der Waals surface area (Å²) in [7, 11) is 0. The third-order valence-electron chi connectivity index (χ3n) is 5.71. The second-order valence-electron chi connectivity index (χ2n) is 7.66. The highest BCUT2D eigenvalue weighted by Crippen LogP contribution is 2.39. The Bertz CT molecular complexity index is 987. The van der Waals surface area contributed by atoms with Gasteiger partial charge in [0, 0.05) is 27.4 Å². The lowest BCUT2D eigenvalue weighted by atomic mass is 9.88. The number of primary amides is 1. The third-order valence-corrected chi connectivity index (χ3v) is 6.21. The number of rotatable bonds is 4. The Balaban J connectivity index is 1.93. The van der Waals surface area contributed by atoms with E-state index in [9.17, 15) is 9.90 Å². The first-order valence-electron chi connectivity index (χ1n) is 10.0. The minimum Gasteiger partial charge on any atom is -0.391 e. The van der Waals surface area contributed by atoms with E-state index < -0.39 is 18.1 Å². The van der Waals surface area contributed by atoms with Gasteiger partial charge in [-0.15, -0.1) is 0 Å². The first kappa shape index (κ1) is 20.9. The molecule has 2 aromatic carbocycles. The van der Waals surface area contributed by atoms with Crippen LogP contribution >= 0.6 is 23.2 Å². The Morgan fingerprint density at radius 3 is 2.10 bits per heavy atom. The molecule has 1 unspecified atom stereocenters. The lowest BCUT2D eigenvalue weighted by Crippen LogP contribution is -2.55. The normalized spacial score (nSPS) is 24.2. The van der Waals surface area contributed by atoms with Crippen molar-refractivity contribution in [1.82, 2.24) is 4.90 Å². The lowest BCUT2D eigenvalue weighted by molar-refractivity contribution is -0.121. The average molecular weight is 444 g/mol. The quantitative estimate of drug-likeness (QED) is 0.736. The van der Waals surface area contributed by atoms with Crippen LogP contribution in [-0.4, -0.2) is 40.3 Å². The molecule has 0 saturated heterocycles. The molecule has 3 atom stereocenters. The summed E-state index contributed by atoms with van der Waals surface area (Å²) in [6, 6.07) is 13.8. The number of aliphatic hydroxyl groups is 1. The van der Waals surface area contributed by atoms with Gasteiger partial charge in [-0.2, -0.15) is 0 Å². The van der Waals surface area contributed by atoms with E-state index in [1.54, 1.807) is 30.5 Å². The maximum absolute atomic E-state index is 12.4. The summed E-state index contributed by atoms with van der Waals surface area (Å²) in [5, 5.41) is 12.1. The van der Waals surface area contributed by atoms with Gasteiger partial charge >= 0.3 is 0 Å². The molecular formula is C23H23Cl2N3O2. The molecule has 0 bridgehead atoms. The van der Waals surface area contributed by atoms with Crippen LogP contribution in [0, 0.1) is 0 Å². The summed E-state index contributed by atoms with van der Waals surface area (Å²) < 4.78 is 0. The van der Waals surface area contributed by atoms with E-state index in [4.69, 9.17) is 28.9 Å². The Kier molecular flexibility index (Phi) is 6.14. The summed E-state index contributed by atoms with van der Waals surface area (Å²) in [5.74, 6) is -0.502. The number of halogens is 2. The number of hydrogen-bond donors (Lipinski definition) is 2. The highest BCUT2D eigenvalue weighted by atomic mass is 35.5. The van der Waals surface area contributed by atoms with Gasteiger partial charge in [0.1, 0.15) is 6.04 Å². The number of hydrogen-bond acceptors (Lipinski definition) is 4. The van der Waals surface area contributed by atoms with Crippen molar-refractivity contribution >= 4 is 46.7 Å². The topological polar surface area (TPSA) is 78.9 Å². The van der Waals surface area contributed by atoms with Gasteiger partial charge in [0.05, 0.1) is 23.5 Å². The minimum atomic E-state index is -0.746. The second kappa shape index (κ2) is 8.80. The summed E-state index contributed by atoms with van der Waals surface area (Å²) in [4.78, 5) is 19.0. The predicted molar refractivity (Wildman–Crippen MR) is 121 cm³/mol. The van der Waals surface area contributed by atoms with Crippen LogP contribution in [0.2, 0.25) is 10.0 Å². The first-order chi connectivity index (χ1) is 14.5. The van der Waals surface area contributed by atoms with Gasteiger partial charge in [0.15, 0.2) is 0 Å². The van der Waals surface area contributed by atoms with Crippen molar-refractivity contribution in [3.05, 3.63) is 69.7 Å². The summed E-state index contributed by atoms with van der Waals surface area (Å²) in [6.45, 7) is 0. The highest BCUT2D eigenvalue weighted by Gasteiger charge is 2.39. The SMILES string of the molecule is NC(=O)C1C=NC(c2ccc(Cl)cc2)=C(c2ccc(Cl)cc2)N1[C@@H]1CCCC[C@@H]1O. The van der Waals surface area contributed by atoms with Crippen molar-refractivity contribution in [2.75, 3.05) is 0 Å². The third kappa shape index (κ3) is 4.10. The van der Waals surface area contributed by atoms with Crippen LogP contribution in [-0.2, 0) is 4.79 Å². The van der Waals surface area contributed by atoms with E-state index in [0.717, 1.165) is 36.1 Å². The number of nitrogens with two attached hydrogens (primary N) is 1. The van der Waals surface area contributed by atoms with Gasteiger partial charge in [-0.05, 0) is 37.1 Å². The molecule has 2 aliphatic rings. The van der Waals surface area contributed by atoms with Crippen molar-refractivity contribution in [2.45, 2.75) is 43.9 Å². The van der Waals surface area contributed by atoms with Crippen molar-refractivity contribution in [3.8, 4) is 0 Å². The van der Waals surface area contributed by atoms with Gasteiger partial charge in [-0.1, -0.05) is 60.3 Å². The number of aliphatic imine (C=N–C) groups is 1.